The third kappa shape index (κ3) is 4.48. The molecule has 0 spiro atoms. The molecule has 0 unspecified atom stereocenters. The summed E-state index contributed by atoms with van der Waals surface area (Å²) in [5.41, 5.74) is -0.0359. The van der Waals surface area contributed by atoms with Crippen LogP contribution in [-0.2, 0) is 19.6 Å². The first kappa shape index (κ1) is 17.8. The van der Waals surface area contributed by atoms with Crippen molar-refractivity contribution in [1.82, 2.24) is 4.72 Å². The van der Waals surface area contributed by atoms with Gasteiger partial charge < -0.3 is 4.74 Å². The van der Waals surface area contributed by atoms with Gasteiger partial charge in [-0.2, -0.15) is 9.98 Å². The van der Waals surface area contributed by atoms with Gasteiger partial charge in [-0.05, 0) is 23.6 Å². The molecule has 2 rings (SSSR count). The number of esters is 1. The van der Waals surface area contributed by atoms with Crippen LogP contribution in [0.3, 0.4) is 0 Å². The van der Waals surface area contributed by atoms with Gasteiger partial charge in [0.15, 0.2) is 6.61 Å². The first-order valence-electron chi connectivity index (χ1n) is 6.65. The van der Waals surface area contributed by atoms with Crippen molar-refractivity contribution >= 4 is 33.1 Å². The van der Waals surface area contributed by atoms with E-state index in [9.17, 15) is 18.0 Å². The molecule has 24 heavy (non-hydrogen) atoms. The minimum atomic E-state index is -4.04. The topological polar surface area (TPSA) is 113 Å². The highest BCUT2D eigenvalue weighted by Crippen LogP contribution is 2.14. The zero-order chi connectivity index (χ0) is 17.6. The van der Waals surface area contributed by atoms with E-state index in [1.807, 2.05) is 4.72 Å². The number of hydrogen-bond acceptors (Lipinski definition) is 7. The molecule has 124 valence electrons. The fraction of sp³-hybridized carbons (Fsp3) is 0.133. The number of nitrogens with one attached hydrogen (secondary N) is 1. The van der Waals surface area contributed by atoms with Crippen LogP contribution in [0.2, 0.25) is 0 Å². The highest BCUT2D eigenvalue weighted by Gasteiger charge is 2.20. The minimum absolute atomic E-state index is 0.0359. The van der Waals surface area contributed by atoms with Crippen molar-refractivity contribution in [2.45, 2.75) is 4.90 Å². The number of hydrogen-bond donors (Lipinski definition) is 1. The second-order valence-corrected chi connectivity index (χ2v) is 7.18. The van der Waals surface area contributed by atoms with Gasteiger partial charge in [0.2, 0.25) is 15.8 Å². The van der Waals surface area contributed by atoms with Gasteiger partial charge in [-0.1, -0.05) is 18.2 Å². The average Bonchev–Trinajstić information content (AvgIpc) is 3.12. The molecular formula is C15H12N2O5S2. The number of nitrogens with zero attached hydrogens (tertiary/aromatic N) is 1. The predicted octanol–water partition coefficient (Wildman–Crippen LogP) is 1.32. The van der Waals surface area contributed by atoms with Crippen molar-refractivity contribution in [3.05, 3.63) is 52.2 Å². The van der Waals surface area contributed by atoms with Crippen LogP contribution < -0.4 is 4.72 Å². The first-order valence-corrected chi connectivity index (χ1v) is 9.01. The van der Waals surface area contributed by atoms with E-state index >= 15 is 0 Å². The van der Waals surface area contributed by atoms with Crippen molar-refractivity contribution in [2.24, 2.45) is 0 Å². The third-order valence-corrected chi connectivity index (χ3v) is 5.23. The summed E-state index contributed by atoms with van der Waals surface area (Å²) in [6.45, 7) is -1.10. The van der Waals surface area contributed by atoms with Crippen molar-refractivity contribution in [2.75, 3.05) is 13.2 Å². The Balaban J connectivity index is 1.91. The molecular weight excluding hydrogens is 352 g/mol. The zero-order valence-electron chi connectivity index (χ0n) is 12.3. The number of sulfonamides is 1. The molecule has 0 atom stereocenters. The lowest BCUT2D eigenvalue weighted by molar-refractivity contribution is -0.141. The Labute approximate surface area is 142 Å². The van der Waals surface area contributed by atoms with Crippen LogP contribution >= 0.6 is 11.3 Å². The molecule has 0 amide bonds. The molecule has 0 aliphatic carbocycles. The number of carbonyl (C=O) groups excluding carboxylic acids is 2. The molecule has 9 heteroatoms. The molecule has 2 aromatic rings. The van der Waals surface area contributed by atoms with Gasteiger partial charge in [0.1, 0.15) is 12.6 Å². The van der Waals surface area contributed by atoms with Crippen molar-refractivity contribution in [3.63, 3.8) is 0 Å². The summed E-state index contributed by atoms with van der Waals surface area (Å²) in [7, 11) is -4.04. The van der Waals surface area contributed by atoms with E-state index in [1.54, 1.807) is 23.6 Å². The van der Waals surface area contributed by atoms with Gasteiger partial charge in [-0.25, -0.2) is 8.42 Å². The lowest BCUT2D eigenvalue weighted by Crippen LogP contribution is -2.32. The fourth-order valence-corrected chi connectivity index (χ4v) is 3.51. The maximum Gasteiger partial charge on any atom is 0.321 e. The van der Waals surface area contributed by atoms with Gasteiger partial charge in [-0.3, -0.25) is 9.59 Å². The number of benzene rings is 1. The maximum absolute atomic E-state index is 12.1. The van der Waals surface area contributed by atoms with Crippen LogP contribution in [0.4, 0.5) is 0 Å². The quantitative estimate of drug-likeness (QED) is 0.586. The van der Waals surface area contributed by atoms with Crippen LogP contribution in [-0.4, -0.2) is 33.3 Å². The van der Waals surface area contributed by atoms with Crippen molar-refractivity contribution in [3.8, 4) is 6.07 Å². The Morgan fingerprint density at radius 1 is 1.21 bits per heavy atom. The Hall–Kier alpha value is -2.54. The van der Waals surface area contributed by atoms with Gasteiger partial charge in [0.05, 0.1) is 15.3 Å². The summed E-state index contributed by atoms with van der Waals surface area (Å²) < 4.78 is 31.0. The number of nitriles is 1. The summed E-state index contributed by atoms with van der Waals surface area (Å²) in [5, 5.41) is 10.6. The Morgan fingerprint density at radius 2 is 1.96 bits per heavy atom. The van der Waals surface area contributed by atoms with Crippen LogP contribution in [0.15, 0.2) is 46.7 Å². The third-order valence-electron chi connectivity index (χ3n) is 2.86. The molecule has 1 heterocycles. The van der Waals surface area contributed by atoms with E-state index in [-0.39, 0.29) is 16.2 Å². The molecule has 0 aliphatic heterocycles. The minimum Gasteiger partial charge on any atom is -0.456 e. The smallest absolute Gasteiger partial charge is 0.321 e. The van der Waals surface area contributed by atoms with E-state index in [4.69, 9.17) is 10.00 Å². The second kappa shape index (κ2) is 7.83. The predicted molar refractivity (Wildman–Crippen MR) is 86.0 cm³/mol. The van der Waals surface area contributed by atoms with E-state index in [1.165, 1.54) is 35.6 Å². The average molecular weight is 364 g/mol. The van der Waals surface area contributed by atoms with Gasteiger partial charge in [-0.15, -0.1) is 11.3 Å². The number of rotatable bonds is 7. The first-order chi connectivity index (χ1) is 11.4. The molecule has 1 N–H and O–H groups in total. The lowest BCUT2D eigenvalue weighted by Gasteiger charge is -2.08. The molecule has 0 aliphatic rings. The van der Waals surface area contributed by atoms with E-state index in [2.05, 4.69) is 0 Å². The normalized spacial score (nSPS) is 10.8. The SMILES string of the molecule is N#Cc1ccccc1S(=O)(=O)NCC(=O)OCC(=O)c1cccs1. The monoisotopic (exact) mass is 364 g/mol. The van der Waals surface area contributed by atoms with Crippen molar-refractivity contribution in [1.29, 1.82) is 5.26 Å². The molecule has 1 aromatic heterocycles. The highest BCUT2D eigenvalue weighted by atomic mass is 32.2. The highest BCUT2D eigenvalue weighted by molar-refractivity contribution is 7.89. The lowest BCUT2D eigenvalue weighted by atomic mass is 10.2. The second-order valence-electron chi connectivity index (χ2n) is 4.49. The fourth-order valence-electron chi connectivity index (χ4n) is 1.73. The molecule has 0 saturated heterocycles. The Bertz CT molecular complexity index is 883. The van der Waals surface area contributed by atoms with Crippen LogP contribution in [0.1, 0.15) is 15.2 Å². The van der Waals surface area contributed by atoms with Gasteiger partial charge in [0, 0.05) is 0 Å². The molecule has 1 aromatic carbocycles. The Morgan fingerprint density at radius 3 is 2.62 bits per heavy atom. The Kier molecular flexibility index (Phi) is 5.81. The largest absolute Gasteiger partial charge is 0.456 e. The summed E-state index contributed by atoms with van der Waals surface area (Å²) in [6, 6.07) is 10.7. The number of Topliss-reactive ketones (excluding diaryl/α,β-unsaturated/α-hetero) is 1. The number of ketones is 1. The summed E-state index contributed by atoms with van der Waals surface area (Å²) in [4.78, 5) is 23.5. The number of thiophene rings is 1. The van der Waals surface area contributed by atoms with Crippen LogP contribution in [0.5, 0.6) is 0 Å². The number of ether oxygens (including phenoxy) is 1. The van der Waals surface area contributed by atoms with E-state index in [0.29, 0.717) is 4.88 Å². The standard InChI is InChI=1S/C15H12N2O5S2/c16-8-11-4-1-2-6-14(11)24(20,21)17-9-15(19)22-10-12(18)13-5-3-7-23-13/h1-7,17H,9-10H2. The molecule has 7 nitrogen and oxygen atoms in total. The summed E-state index contributed by atoms with van der Waals surface area (Å²) in [6.07, 6.45) is 0. The molecule has 0 saturated carbocycles. The van der Waals surface area contributed by atoms with Crippen LogP contribution in [0, 0.1) is 11.3 Å². The number of carbonyl (C=O) groups is 2. The van der Waals surface area contributed by atoms with Gasteiger partial charge in [0.25, 0.3) is 0 Å². The van der Waals surface area contributed by atoms with Crippen molar-refractivity contribution < 1.29 is 22.7 Å². The zero-order valence-corrected chi connectivity index (χ0v) is 13.9. The molecule has 0 fully saturated rings. The molecule has 0 radical (unpaired) electrons. The van der Waals surface area contributed by atoms with Gasteiger partial charge >= 0.3 is 5.97 Å². The van der Waals surface area contributed by atoms with Crippen LogP contribution in [0.25, 0.3) is 0 Å². The van der Waals surface area contributed by atoms with E-state index < -0.39 is 29.1 Å². The summed E-state index contributed by atoms with van der Waals surface area (Å²) >= 11 is 1.22. The molecule has 0 bridgehead atoms. The summed E-state index contributed by atoms with van der Waals surface area (Å²) in [5.74, 6) is -1.26. The maximum atomic E-state index is 12.1. The van der Waals surface area contributed by atoms with E-state index in [0.717, 1.165) is 0 Å².